The minimum Gasteiger partial charge on any atom is -0.310 e. The summed E-state index contributed by atoms with van der Waals surface area (Å²) in [7, 11) is 0. The molecule has 0 saturated heterocycles. The number of rotatable bonds is 7. The summed E-state index contributed by atoms with van der Waals surface area (Å²) in [5.74, 6) is 0. The third kappa shape index (κ3) is 6.34. The number of anilines is 3. The van der Waals surface area contributed by atoms with Crippen molar-refractivity contribution in [1.29, 1.82) is 0 Å². The van der Waals surface area contributed by atoms with Crippen molar-refractivity contribution in [2.45, 2.75) is 0 Å². The fourth-order valence-corrected chi connectivity index (χ4v) is 10.4. The van der Waals surface area contributed by atoms with Crippen molar-refractivity contribution in [3.8, 4) is 39.1 Å². The van der Waals surface area contributed by atoms with Crippen LogP contribution < -0.4 is 4.90 Å². The Morgan fingerprint density at radius 3 is 1.38 bits per heavy atom. The monoisotopic (exact) mass is 838 g/mol. The van der Waals surface area contributed by atoms with Gasteiger partial charge in [-0.3, -0.25) is 0 Å². The number of nitrogens with zero attached hydrogens (tertiary/aromatic N) is 2. The lowest BCUT2D eigenvalue weighted by atomic mass is 9.93. The van der Waals surface area contributed by atoms with E-state index in [4.69, 9.17) is 0 Å². The Hall–Kier alpha value is -8.72. The van der Waals surface area contributed by atoms with Crippen molar-refractivity contribution in [1.82, 2.24) is 4.57 Å². The topological polar surface area (TPSA) is 8.17 Å². The summed E-state index contributed by atoms with van der Waals surface area (Å²) in [5, 5.41) is 12.4. The molecule has 0 radical (unpaired) electrons. The molecule has 0 amide bonds. The molecule has 0 saturated carbocycles. The van der Waals surface area contributed by atoms with E-state index in [9.17, 15) is 0 Å². The maximum Gasteiger partial charge on any atom is 0.0553 e. The van der Waals surface area contributed by atoms with Crippen molar-refractivity contribution in [3.05, 3.63) is 255 Å². The predicted molar refractivity (Wildman–Crippen MR) is 282 cm³/mol. The number of benzene rings is 12. The van der Waals surface area contributed by atoms with E-state index in [1.54, 1.807) is 0 Å². The van der Waals surface area contributed by atoms with E-state index in [-0.39, 0.29) is 0 Å². The number of hydrogen-bond acceptors (Lipinski definition) is 1. The SMILES string of the molecule is c1ccc(-c2ccc3c4c(-c5cccc(N(c6ccc7c(ccc8ccccc87)c6)c6ccc7c(ccc8ccccc87)c6)c5)cc(-c5ccccc5)cc4n(-c4ccccc4)c3c2)cc1. The molecule has 0 spiro atoms. The molecule has 0 atom stereocenters. The fourth-order valence-electron chi connectivity index (χ4n) is 10.4. The minimum atomic E-state index is 1.09. The molecule has 0 fully saturated rings. The summed E-state index contributed by atoms with van der Waals surface area (Å²) in [5.41, 5.74) is 13.9. The van der Waals surface area contributed by atoms with Crippen LogP contribution in [0.25, 0.3) is 104 Å². The first-order valence-corrected chi connectivity index (χ1v) is 22.7. The van der Waals surface area contributed by atoms with E-state index in [1.165, 1.54) is 92.7 Å². The number of para-hydroxylation sites is 1. The number of fused-ring (bicyclic) bond motifs is 9. The Bertz CT molecular complexity index is 3860. The molecule has 66 heavy (non-hydrogen) atoms. The van der Waals surface area contributed by atoms with Gasteiger partial charge in [0.25, 0.3) is 0 Å². The van der Waals surface area contributed by atoms with Gasteiger partial charge in [0.2, 0.25) is 0 Å². The molecular weight excluding hydrogens is 797 g/mol. The van der Waals surface area contributed by atoms with Gasteiger partial charge in [-0.15, -0.1) is 0 Å². The third-order valence-electron chi connectivity index (χ3n) is 13.5. The quantitative estimate of drug-likeness (QED) is 0.145. The van der Waals surface area contributed by atoms with Crippen molar-refractivity contribution < 1.29 is 0 Å². The van der Waals surface area contributed by atoms with Gasteiger partial charge in [0.15, 0.2) is 0 Å². The van der Waals surface area contributed by atoms with Gasteiger partial charge in [-0.2, -0.15) is 0 Å². The summed E-state index contributed by atoms with van der Waals surface area (Å²) >= 11 is 0. The molecule has 1 heterocycles. The van der Waals surface area contributed by atoms with Crippen LogP contribution in [0.4, 0.5) is 17.1 Å². The van der Waals surface area contributed by atoms with Crippen LogP contribution in [-0.4, -0.2) is 4.57 Å². The van der Waals surface area contributed by atoms with Crippen LogP contribution in [0.5, 0.6) is 0 Å². The molecule has 2 nitrogen and oxygen atoms in total. The van der Waals surface area contributed by atoms with Gasteiger partial charge in [0.1, 0.15) is 0 Å². The highest BCUT2D eigenvalue weighted by Gasteiger charge is 2.21. The van der Waals surface area contributed by atoms with Crippen LogP contribution in [0.15, 0.2) is 255 Å². The average molecular weight is 839 g/mol. The maximum absolute atomic E-state index is 2.46. The summed E-state index contributed by atoms with van der Waals surface area (Å²) in [4.78, 5) is 2.43. The molecule has 0 unspecified atom stereocenters. The maximum atomic E-state index is 2.46. The normalized spacial score (nSPS) is 11.6. The molecular formula is C64H42N2. The van der Waals surface area contributed by atoms with Crippen molar-refractivity contribution in [3.63, 3.8) is 0 Å². The van der Waals surface area contributed by atoms with E-state index in [1.807, 2.05) is 0 Å². The lowest BCUT2D eigenvalue weighted by Crippen LogP contribution is -2.10. The Morgan fingerprint density at radius 2 is 0.742 bits per heavy atom. The Balaban J connectivity index is 1.06. The van der Waals surface area contributed by atoms with Crippen molar-refractivity contribution in [2.24, 2.45) is 0 Å². The zero-order valence-electron chi connectivity index (χ0n) is 36.1. The molecule has 0 N–H and O–H groups in total. The summed E-state index contributed by atoms with van der Waals surface area (Å²) < 4.78 is 2.46. The molecule has 2 heteroatoms. The smallest absolute Gasteiger partial charge is 0.0553 e. The van der Waals surface area contributed by atoms with Gasteiger partial charge >= 0.3 is 0 Å². The fraction of sp³-hybridized carbons (Fsp3) is 0. The van der Waals surface area contributed by atoms with Gasteiger partial charge in [-0.05, 0) is 143 Å². The van der Waals surface area contributed by atoms with Gasteiger partial charge < -0.3 is 9.47 Å². The highest BCUT2D eigenvalue weighted by Crippen LogP contribution is 2.45. The molecule has 308 valence electrons. The molecule has 0 bridgehead atoms. The van der Waals surface area contributed by atoms with Crippen LogP contribution >= 0.6 is 0 Å². The number of hydrogen-bond donors (Lipinski definition) is 0. The van der Waals surface area contributed by atoms with Crippen LogP contribution in [0.3, 0.4) is 0 Å². The Morgan fingerprint density at radius 1 is 0.258 bits per heavy atom. The molecule has 13 aromatic rings. The largest absolute Gasteiger partial charge is 0.310 e. The molecule has 13 rings (SSSR count). The Kier molecular flexibility index (Phi) is 8.89. The van der Waals surface area contributed by atoms with E-state index >= 15 is 0 Å². The molecule has 12 aromatic carbocycles. The predicted octanol–water partition coefficient (Wildman–Crippen LogP) is 17.9. The van der Waals surface area contributed by atoms with Crippen LogP contribution in [-0.2, 0) is 0 Å². The molecule has 0 aliphatic rings. The Labute approximate surface area is 383 Å². The van der Waals surface area contributed by atoms with Gasteiger partial charge in [-0.25, -0.2) is 0 Å². The first-order chi connectivity index (χ1) is 32.7. The van der Waals surface area contributed by atoms with Gasteiger partial charge in [0.05, 0.1) is 11.0 Å². The second-order valence-corrected chi connectivity index (χ2v) is 17.3. The lowest BCUT2D eigenvalue weighted by molar-refractivity contribution is 1.18. The highest BCUT2D eigenvalue weighted by molar-refractivity contribution is 6.18. The first kappa shape index (κ1) is 37.8. The summed E-state index contributed by atoms with van der Waals surface area (Å²) in [6.07, 6.45) is 0. The third-order valence-corrected chi connectivity index (χ3v) is 13.5. The second-order valence-electron chi connectivity index (χ2n) is 17.3. The van der Waals surface area contributed by atoms with Crippen LogP contribution in [0, 0.1) is 0 Å². The van der Waals surface area contributed by atoms with Crippen molar-refractivity contribution in [2.75, 3.05) is 4.90 Å². The van der Waals surface area contributed by atoms with E-state index < -0.39 is 0 Å². The highest BCUT2D eigenvalue weighted by atomic mass is 15.1. The zero-order valence-corrected chi connectivity index (χ0v) is 36.1. The molecule has 0 aliphatic carbocycles. The van der Waals surface area contributed by atoms with Crippen LogP contribution in [0.2, 0.25) is 0 Å². The average Bonchev–Trinajstić information content (AvgIpc) is 3.72. The van der Waals surface area contributed by atoms with E-state index in [0.717, 1.165) is 28.3 Å². The minimum absolute atomic E-state index is 1.09. The van der Waals surface area contributed by atoms with Gasteiger partial charge in [-0.1, -0.05) is 188 Å². The van der Waals surface area contributed by atoms with Crippen LogP contribution in [0.1, 0.15) is 0 Å². The second kappa shape index (κ2) is 15.5. The lowest BCUT2D eigenvalue weighted by Gasteiger charge is -2.27. The van der Waals surface area contributed by atoms with E-state index in [0.29, 0.717) is 0 Å². The molecule has 0 aliphatic heterocycles. The molecule has 1 aromatic heterocycles. The van der Waals surface area contributed by atoms with E-state index in [2.05, 4.69) is 264 Å². The zero-order chi connectivity index (χ0) is 43.6. The number of aromatic nitrogens is 1. The van der Waals surface area contributed by atoms with Gasteiger partial charge in [0, 0.05) is 33.5 Å². The first-order valence-electron chi connectivity index (χ1n) is 22.7. The summed E-state index contributed by atoms with van der Waals surface area (Å²) in [6, 6.07) is 93.5. The van der Waals surface area contributed by atoms with Crippen molar-refractivity contribution >= 4 is 82.0 Å². The summed E-state index contributed by atoms with van der Waals surface area (Å²) in [6.45, 7) is 0. The standard InChI is InChI=1S/C64H42N2/c1-4-15-43(16-5-1)47-31-34-60-62(41-47)66(52-22-8-3-9-23-52)63-42-51(44-17-6-2-7-18-44)40-61(64(60)63)48-21-14-24-53(37-48)65(54-32-35-58-49(38-54)29-27-45-19-10-12-25-56(45)58)55-33-36-59-50(39-55)30-28-46-20-11-13-26-57(46)59/h1-42H.